The maximum Gasteiger partial charge on any atom is 0.248 e. The minimum atomic E-state index is 0.435. The third-order valence-corrected chi connectivity index (χ3v) is 4.49. The molecule has 0 unspecified atom stereocenters. The van der Waals surface area contributed by atoms with Crippen molar-refractivity contribution < 1.29 is 4.74 Å². The first-order valence-corrected chi connectivity index (χ1v) is 8.50. The third-order valence-electron chi connectivity index (χ3n) is 3.55. The quantitative estimate of drug-likeness (QED) is 0.939. The maximum absolute atomic E-state index is 6.26. The Hall–Kier alpha value is -1.95. The van der Waals surface area contributed by atoms with Crippen molar-refractivity contribution in [2.24, 2.45) is 0 Å². The Morgan fingerprint density at radius 1 is 1.09 bits per heavy atom. The van der Waals surface area contributed by atoms with Gasteiger partial charge in [-0.05, 0) is 26.0 Å². The van der Waals surface area contributed by atoms with Crippen LogP contribution in [0.15, 0.2) is 24.3 Å². The number of ether oxygens (including phenoxy) is 1. The van der Waals surface area contributed by atoms with E-state index in [0.29, 0.717) is 17.4 Å². The zero-order chi connectivity index (χ0) is 15.5. The lowest BCUT2D eigenvalue weighted by Gasteiger charge is -2.28. The van der Waals surface area contributed by atoms with Crippen molar-refractivity contribution in [2.45, 2.75) is 13.8 Å². The molecule has 0 aliphatic carbocycles. The monoisotopic (exact) mass is 316 g/mol. The second-order valence-electron chi connectivity index (χ2n) is 5.33. The van der Waals surface area contributed by atoms with Gasteiger partial charge in [0, 0.05) is 24.6 Å². The Morgan fingerprint density at radius 3 is 2.45 bits per heavy atom. The fourth-order valence-electron chi connectivity index (χ4n) is 2.35. The van der Waals surface area contributed by atoms with Gasteiger partial charge in [0.1, 0.15) is 17.3 Å². The molecule has 0 radical (unpaired) electrons. The zero-order valence-electron chi connectivity index (χ0n) is 12.9. The number of nitrogens with zero attached hydrogens (tertiary/aromatic N) is 3. The van der Waals surface area contributed by atoms with E-state index in [9.17, 15) is 0 Å². The Kier molecular flexibility index (Phi) is 4.38. The SMILES string of the molecule is Cc1ccc(Oc2nc(C)nc(N3CCSCC3)c2N)cc1. The van der Waals surface area contributed by atoms with E-state index in [4.69, 9.17) is 10.5 Å². The number of thioether (sulfide) groups is 1. The second kappa shape index (κ2) is 6.44. The highest BCUT2D eigenvalue weighted by Crippen LogP contribution is 2.33. The molecule has 1 fully saturated rings. The van der Waals surface area contributed by atoms with Crippen molar-refractivity contribution in [3.05, 3.63) is 35.7 Å². The van der Waals surface area contributed by atoms with Crippen molar-refractivity contribution in [1.29, 1.82) is 0 Å². The van der Waals surface area contributed by atoms with Crippen LogP contribution >= 0.6 is 11.8 Å². The molecule has 0 spiro atoms. The van der Waals surface area contributed by atoms with Crippen molar-refractivity contribution >= 4 is 23.3 Å². The van der Waals surface area contributed by atoms with Gasteiger partial charge in [-0.1, -0.05) is 17.7 Å². The van der Waals surface area contributed by atoms with E-state index in [1.165, 1.54) is 5.56 Å². The van der Waals surface area contributed by atoms with Crippen LogP contribution in [-0.2, 0) is 0 Å². The predicted octanol–water partition coefficient (Wildman–Crippen LogP) is 3.02. The van der Waals surface area contributed by atoms with E-state index < -0.39 is 0 Å². The van der Waals surface area contributed by atoms with Gasteiger partial charge in [0.05, 0.1) is 0 Å². The van der Waals surface area contributed by atoms with Crippen LogP contribution in [0.4, 0.5) is 11.5 Å². The van der Waals surface area contributed by atoms with Crippen LogP contribution in [0.2, 0.25) is 0 Å². The predicted molar refractivity (Wildman–Crippen MR) is 92.0 cm³/mol. The molecule has 0 saturated carbocycles. The van der Waals surface area contributed by atoms with E-state index >= 15 is 0 Å². The largest absolute Gasteiger partial charge is 0.437 e. The van der Waals surface area contributed by atoms with Crippen LogP contribution in [0.5, 0.6) is 11.6 Å². The summed E-state index contributed by atoms with van der Waals surface area (Å²) < 4.78 is 5.87. The van der Waals surface area contributed by atoms with Gasteiger partial charge in [-0.15, -0.1) is 0 Å². The molecule has 0 bridgehead atoms. The van der Waals surface area contributed by atoms with Gasteiger partial charge >= 0.3 is 0 Å². The van der Waals surface area contributed by atoms with Gasteiger partial charge in [-0.25, -0.2) is 4.98 Å². The molecule has 6 heteroatoms. The van der Waals surface area contributed by atoms with E-state index in [-0.39, 0.29) is 0 Å². The fourth-order valence-corrected chi connectivity index (χ4v) is 3.26. The lowest BCUT2D eigenvalue weighted by Crippen LogP contribution is -2.34. The molecule has 1 aromatic heterocycles. The molecule has 3 rings (SSSR count). The molecule has 5 nitrogen and oxygen atoms in total. The second-order valence-corrected chi connectivity index (χ2v) is 6.55. The molecule has 1 saturated heterocycles. The van der Waals surface area contributed by atoms with Gasteiger partial charge in [-0.3, -0.25) is 0 Å². The maximum atomic E-state index is 6.26. The first-order valence-electron chi connectivity index (χ1n) is 7.35. The number of nitrogens with two attached hydrogens (primary N) is 1. The fraction of sp³-hybridized carbons (Fsp3) is 0.375. The van der Waals surface area contributed by atoms with E-state index in [1.807, 2.05) is 49.9 Å². The number of aryl methyl sites for hydroxylation is 2. The first kappa shape index (κ1) is 15.0. The summed E-state index contributed by atoms with van der Waals surface area (Å²) in [5, 5.41) is 0. The van der Waals surface area contributed by atoms with Gasteiger partial charge in [0.2, 0.25) is 5.88 Å². The number of nitrogen functional groups attached to an aromatic ring is 1. The summed E-state index contributed by atoms with van der Waals surface area (Å²) in [6.45, 7) is 5.81. The summed E-state index contributed by atoms with van der Waals surface area (Å²) in [4.78, 5) is 11.1. The standard InChI is InChI=1S/C16H20N4OS/c1-11-3-5-13(6-4-11)21-16-14(17)15(18-12(2)19-16)20-7-9-22-10-8-20/h3-6H,7-10,17H2,1-2H3. The summed E-state index contributed by atoms with van der Waals surface area (Å²) in [5.41, 5.74) is 7.96. The Balaban J connectivity index is 1.90. The molecule has 0 amide bonds. The molecule has 1 aliphatic rings. The van der Waals surface area contributed by atoms with Crippen LogP contribution < -0.4 is 15.4 Å². The smallest absolute Gasteiger partial charge is 0.248 e. The summed E-state index contributed by atoms with van der Waals surface area (Å²) in [6, 6.07) is 7.84. The number of hydrogen-bond acceptors (Lipinski definition) is 6. The number of benzene rings is 1. The minimum Gasteiger partial charge on any atom is -0.437 e. The Labute approximate surface area is 134 Å². The van der Waals surface area contributed by atoms with Gasteiger partial charge in [0.15, 0.2) is 5.82 Å². The lowest BCUT2D eigenvalue weighted by atomic mass is 10.2. The van der Waals surface area contributed by atoms with E-state index in [2.05, 4.69) is 14.9 Å². The van der Waals surface area contributed by atoms with Crippen LogP contribution in [0, 0.1) is 13.8 Å². The molecule has 116 valence electrons. The minimum absolute atomic E-state index is 0.435. The molecular formula is C16H20N4OS. The number of rotatable bonds is 3. The van der Waals surface area contributed by atoms with Crippen molar-refractivity contribution in [3.8, 4) is 11.6 Å². The highest BCUT2D eigenvalue weighted by Gasteiger charge is 2.19. The molecule has 2 heterocycles. The van der Waals surface area contributed by atoms with Gasteiger partial charge in [-0.2, -0.15) is 16.7 Å². The third kappa shape index (κ3) is 3.27. The number of anilines is 2. The number of aromatic nitrogens is 2. The molecule has 22 heavy (non-hydrogen) atoms. The molecule has 2 aromatic rings. The highest BCUT2D eigenvalue weighted by atomic mass is 32.2. The molecule has 2 N–H and O–H groups in total. The van der Waals surface area contributed by atoms with Crippen molar-refractivity contribution in [3.63, 3.8) is 0 Å². The Morgan fingerprint density at radius 2 is 1.77 bits per heavy atom. The average molecular weight is 316 g/mol. The van der Waals surface area contributed by atoms with Gasteiger partial charge < -0.3 is 15.4 Å². The summed E-state index contributed by atoms with van der Waals surface area (Å²) in [6.07, 6.45) is 0. The van der Waals surface area contributed by atoms with Crippen molar-refractivity contribution in [1.82, 2.24) is 9.97 Å². The first-order chi connectivity index (χ1) is 10.6. The Bertz CT molecular complexity index is 654. The van der Waals surface area contributed by atoms with Crippen LogP contribution in [-0.4, -0.2) is 34.6 Å². The summed E-state index contributed by atoms with van der Waals surface area (Å²) in [7, 11) is 0. The van der Waals surface area contributed by atoms with E-state index in [1.54, 1.807) is 0 Å². The normalized spacial score (nSPS) is 14.9. The molecule has 1 aromatic carbocycles. The number of hydrogen-bond donors (Lipinski definition) is 1. The average Bonchev–Trinajstić information content (AvgIpc) is 2.53. The molecular weight excluding hydrogens is 296 g/mol. The lowest BCUT2D eigenvalue weighted by molar-refractivity contribution is 0.462. The highest BCUT2D eigenvalue weighted by molar-refractivity contribution is 7.99. The molecule has 0 atom stereocenters. The van der Waals surface area contributed by atoms with Gasteiger partial charge in [0.25, 0.3) is 0 Å². The topological polar surface area (TPSA) is 64.3 Å². The summed E-state index contributed by atoms with van der Waals surface area (Å²) >= 11 is 1.95. The van der Waals surface area contributed by atoms with Crippen LogP contribution in [0.3, 0.4) is 0 Å². The van der Waals surface area contributed by atoms with Crippen LogP contribution in [0.1, 0.15) is 11.4 Å². The van der Waals surface area contributed by atoms with E-state index in [0.717, 1.165) is 36.2 Å². The van der Waals surface area contributed by atoms with Crippen LogP contribution in [0.25, 0.3) is 0 Å². The zero-order valence-corrected chi connectivity index (χ0v) is 13.7. The molecule has 1 aliphatic heterocycles. The van der Waals surface area contributed by atoms with Crippen molar-refractivity contribution in [2.75, 3.05) is 35.2 Å². The summed E-state index contributed by atoms with van der Waals surface area (Å²) in [5.74, 6) is 4.81.